The number of benzene rings is 1. The fraction of sp³-hybridized carbons (Fsp3) is 0.500. The lowest BCUT2D eigenvalue weighted by Gasteiger charge is -2.32. The van der Waals surface area contributed by atoms with Gasteiger partial charge in [-0.15, -0.1) is 0 Å². The lowest BCUT2D eigenvalue weighted by molar-refractivity contribution is -0.137. The predicted octanol–water partition coefficient (Wildman–Crippen LogP) is 2.80. The van der Waals surface area contributed by atoms with Crippen molar-refractivity contribution in [3.05, 3.63) is 29.8 Å². The Labute approximate surface area is 128 Å². The molecule has 2 amide bonds. The zero-order valence-electron chi connectivity index (χ0n) is 12.7. The summed E-state index contributed by atoms with van der Waals surface area (Å²) in [5.41, 5.74) is -0.148. The Balaban J connectivity index is 1.93. The molecule has 1 aliphatic rings. The fourth-order valence-corrected chi connectivity index (χ4v) is 2.56. The number of carbonyl (C=O) groups excluding carboxylic acids is 2. The van der Waals surface area contributed by atoms with Crippen molar-refractivity contribution >= 4 is 17.5 Å². The Morgan fingerprint density at radius 1 is 1.23 bits per heavy atom. The van der Waals surface area contributed by atoms with E-state index < -0.39 is 11.6 Å². The highest BCUT2D eigenvalue weighted by Crippen LogP contribution is 2.22. The van der Waals surface area contributed by atoms with E-state index in [1.807, 2.05) is 13.8 Å². The van der Waals surface area contributed by atoms with Gasteiger partial charge in [0.15, 0.2) is 0 Å². The molecule has 0 radical (unpaired) electrons. The minimum absolute atomic E-state index is 0.0632. The second kappa shape index (κ2) is 6.85. The van der Waals surface area contributed by atoms with Crippen LogP contribution >= 0.6 is 0 Å². The number of nitrogens with zero attached hydrogens (tertiary/aromatic N) is 1. The molecule has 6 heteroatoms. The van der Waals surface area contributed by atoms with E-state index in [2.05, 4.69) is 5.32 Å². The number of halogens is 2. The first-order valence-electron chi connectivity index (χ1n) is 7.43. The van der Waals surface area contributed by atoms with Gasteiger partial charge in [0.25, 0.3) is 0 Å². The van der Waals surface area contributed by atoms with Crippen molar-refractivity contribution < 1.29 is 18.4 Å². The van der Waals surface area contributed by atoms with Crippen LogP contribution in [0.5, 0.6) is 0 Å². The van der Waals surface area contributed by atoms with Gasteiger partial charge in [0.1, 0.15) is 11.6 Å². The molecule has 1 aromatic carbocycles. The van der Waals surface area contributed by atoms with E-state index >= 15 is 0 Å². The predicted molar refractivity (Wildman–Crippen MR) is 79.1 cm³/mol. The summed E-state index contributed by atoms with van der Waals surface area (Å²) < 4.78 is 26.6. The average molecular weight is 310 g/mol. The van der Waals surface area contributed by atoms with E-state index in [4.69, 9.17) is 0 Å². The summed E-state index contributed by atoms with van der Waals surface area (Å²) in [4.78, 5) is 25.8. The first kappa shape index (κ1) is 16.4. The van der Waals surface area contributed by atoms with E-state index in [1.165, 1.54) is 0 Å². The SMILES string of the molecule is CC(C)C(=O)N1CCC(C(=O)Nc2cc(F)ccc2F)CC1. The summed E-state index contributed by atoms with van der Waals surface area (Å²) in [5, 5.41) is 2.43. The van der Waals surface area contributed by atoms with Crippen LogP contribution < -0.4 is 5.32 Å². The second-order valence-electron chi connectivity index (χ2n) is 5.87. The molecule has 1 heterocycles. The van der Waals surface area contributed by atoms with Crippen LogP contribution in [-0.4, -0.2) is 29.8 Å². The summed E-state index contributed by atoms with van der Waals surface area (Å²) in [6.07, 6.45) is 1.06. The fourth-order valence-electron chi connectivity index (χ4n) is 2.56. The van der Waals surface area contributed by atoms with Crippen molar-refractivity contribution in [2.45, 2.75) is 26.7 Å². The summed E-state index contributed by atoms with van der Waals surface area (Å²) in [6.45, 7) is 4.71. The van der Waals surface area contributed by atoms with E-state index in [0.29, 0.717) is 25.9 Å². The highest BCUT2D eigenvalue weighted by Gasteiger charge is 2.28. The molecule has 120 valence electrons. The Kier molecular flexibility index (Phi) is 5.11. The number of amides is 2. The first-order chi connectivity index (χ1) is 10.4. The van der Waals surface area contributed by atoms with Crippen LogP contribution in [0.2, 0.25) is 0 Å². The van der Waals surface area contributed by atoms with Crippen LogP contribution in [0.15, 0.2) is 18.2 Å². The topological polar surface area (TPSA) is 49.4 Å². The molecule has 0 spiro atoms. The third kappa shape index (κ3) is 3.81. The molecule has 1 N–H and O–H groups in total. The van der Waals surface area contributed by atoms with E-state index in [-0.39, 0.29) is 29.3 Å². The molecule has 0 aliphatic carbocycles. The van der Waals surface area contributed by atoms with Gasteiger partial charge in [0.2, 0.25) is 11.8 Å². The third-order valence-electron chi connectivity index (χ3n) is 3.86. The van der Waals surface area contributed by atoms with Gasteiger partial charge < -0.3 is 10.2 Å². The zero-order valence-corrected chi connectivity index (χ0v) is 12.7. The second-order valence-corrected chi connectivity index (χ2v) is 5.87. The van der Waals surface area contributed by atoms with Gasteiger partial charge in [-0.1, -0.05) is 13.8 Å². The minimum atomic E-state index is -0.665. The smallest absolute Gasteiger partial charge is 0.227 e. The van der Waals surface area contributed by atoms with E-state index in [1.54, 1.807) is 4.90 Å². The van der Waals surface area contributed by atoms with Gasteiger partial charge in [-0.2, -0.15) is 0 Å². The quantitative estimate of drug-likeness (QED) is 0.933. The van der Waals surface area contributed by atoms with Crippen molar-refractivity contribution in [3.8, 4) is 0 Å². The highest BCUT2D eigenvalue weighted by atomic mass is 19.1. The monoisotopic (exact) mass is 310 g/mol. The zero-order chi connectivity index (χ0) is 16.3. The molecular weight excluding hydrogens is 290 g/mol. The number of hydrogen-bond acceptors (Lipinski definition) is 2. The average Bonchev–Trinajstić information content (AvgIpc) is 2.50. The maximum atomic E-state index is 13.5. The number of carbonyl (C=O) groups is 2. The van der Waals surface area contributed by atoms with Crippen LogP contribution in [0, 0.1) is 23.5 Å². The lowest BCUT2D eigenvalue weighted by atomic mass is 9.95. The lowest BCUT2D eigenvalue weighted by Crippen LogP contribution is -2.43. The van der Waals surface area contributed by atoms with Crippen molar-refractivity contribution in [2.75, 3.05) is 18.4 Å². The molecular formula is C16H20F2N2O2. The van der Waals surface area contributed by atoms with E-state index in [9.17, 15) is 18.4 Å². The molecule has 4 nitrogen and oxygen atoms in total. The van der Waals surface area contributed by atoms with Crippen LogP contribution in [0.1, 0.15) is 26.7 Å². The number of anilines is 1. The molecule has 22 heavy (non-hydrogen) atoms. The summed E-state index contributed by atoms with van der Waals surface area (Å²) >= 11 is 0. The van der Waals surface area contributed by atoms with Crippen molar-refractivity contribution in [2.24, 2.45) is 11.8 Å². The van der Waals surface area contributed by atoms with Crippen molar-refractivity contribution in [3.63, 3.8) is 0 Å². The molecule has 0 unspecified atom stereocenters. The van der Waals surface area contributed by atoms with Gasteiger partial charge in [-0.25, -0.2) is 8.78 Å². The highest BCUT2D eigenvalue weighted by molar-refractivity contribution is 5.92. The van der Waals surface area contributed by atoms with Gasteiger partial charge in [-0.05, 0) is 25.0 Å². The Bertz CT molecular complexity index is 567. The maximum absolute atomic E-state index is 13.5. The number of piperidine rings is 1. The minimum Gasteiger partial charge on any atom is -0.342 e. The van der Waals surface area contributed by atoms with Gasteiger partial charge in [0, 0.05) is 31.0 Å². The number of nitrogens with one attached hydrogen (secondary N) is 1. The number of likely N-dealkylation sites (tertiary alicyclic amines) is 1. The molecule has 1 saturated heterocycles. The molecule has 0 bridgehead atoms. The van der Waals surface area contributed by atoms with Gasteiger partial charge >= 0.3 is 0 Å². The number of rotatable bonds is 3. The van der Waals surface area contributed by atoms with Crippen molar-refractivity contribution in [1.82, 2.24) is 4.90 Å². The summed E-state index contributed by atoms with van der Waals surface area (Å²) in [5.74, 6) is -1.88. The van der Waals surface area contributed by atoms with Crippen LogP contribution in [-0.2, 0) is 9.59 Å². The molecule has 2 rings (SSSR count). The molecule has 1 aliphatic heterocycles. The third-order valence-corrected chi connectivity index (χ3v) is 3.86. The Hall–Kier alpha value is -1.98. The summed E-state index contributed by atoms with van der Waals surface area (Å²) in [6, 6.07) is 2.94. The molecule has 0 aromatic heterocycles. The molecule has 0 saturated carbocycles. The normalized spacial score (nSPS) is 16.0. The van der Waals surface area contributed by atoms with E-state index in [0.717, 1.165) is 18.2 Å². The maximum Gasteiger partial charge on any atom is 0.227 e. The molecule has 1 aromatic rings. The van der Waals surface area contributed by atoms with Gasteiger partial charge in [-0.3, -0.25) is 9.59 Å². The Morgan fingerprint density at radius 3 is 2.45 bits per heavy atom. The van der Waals surface area contributed by atoms with Crippen molar-refractivity contribution in [1.29, 1.82) is 0 Å². The standard InChI is InChI=1S/C16H20F2N2O2/c1-10(2)16(22)20-7-5-11(6-8-20)15(21)19-14-9-12(17)3-4-13(14)18/h3-4,9-11H,5-8H2,1-2H3,(H,19,21). The largest absolute Gasteiger partial charge is 0.342 e. The number of hydrogen-bond donors (Lipinski definition) is 1. The van der Waals surface area contributed by atoms with Crippen LogP contribution in [0.3, 0.4) is 0 Å². The summed E-state index contributed by atoms with van der Waals surface area (Å²) in [7, 11) is 0. The van der Waals surface area contributed by atoms with Crippen LogP contribution in [0.4, 0.5) is 14.5 Å². The first-order valence-corrected chi connectivity index (χ1v) is 7.43. The van der Waals surface area contributed by atoms with Gasteiger partial charge in [0.05, 0.1) is 5.69 Å². The molecule has 0 atom stereocenters. The Morgan fingerprint density at radius 2 is 1.86 bits per heavy atom. The molecule has 1 fully saturated rings. The van der Waals surface area contributed by atoms with Crippen LogP contribution in [0.25, 0.3) is 0 Å².